The molecule has 0 N–H and O–H groups in total. The molecule has 0 bridgehead atoms. The number of hydrogen-bond acceptors (Lipinski definition) is 5. The standard InChI is InChI=1S/C12H17S7.C8H8F2/c1-3-4-5-6-10-7-11(18(13)14)9(2)12(8-10)19(15,16)17;1-5-3-7(9)6(2)8(10)4-5/h7-8H,3-6H2,1-2H3,(H,15,16,17);3-4H,1-2H3/q-1;. The van der Waals surface area contributed by atoms with Crippen molar-refractivity contribution in [3.8, 4) is 0 Å². The molecule has 2 aromatic carbocycles. The fraction of sp³-hybridized carbons (Fsp3) is 0.400. The average molecular weight is 528 g/mol. The Bertz CT molecular complexity index is 1010. The van der Waals surface area contributed by atoms with Gasteiger partial charge in [-0.15, -0.1) is 4.90 Å². The van der Waals surface area contributed by atoms with Gasteiger partial charge in [0, 0.05) is 10.5 Å². The number of unbranched alkanes of at least 4 members (excludes halogenated alkanes) is 2. The Morgan fingerprint density at radius 2 is 1.48 bits per heavy atom. The van der Waals surface area contributed by atoms with Crippen LogP contribution < -0.4 is 0 Å². The third-order valence-electron chi connectivity index (χ3n) is 4.32. The largest absolute Gasteiger partial charge is 0.319 e. The molecule has 0 aliphatic carbocycles. The molecule has 2 rings (SSSR count). The second-order valence-electron chi connectivity index (χ2n) is 6.74. The number of halogens is 2. The molecule has 0 nitrogen and oxygen atoms in total. The predicted octanol–water partition coefficient (Wildman–Crippen LogP) is 6.49. The Morgan fingerprint density at radius 3 is 1.93 bits per heavy atom. The zero-order valence-electron chi connectivity index (χ0n) is 16.8. The van der Waals surface area contributed by atoms with Crippen LogP contribution in [0.5, 0.6) is 0 Å². The first-order valence-corrected chi connectivity index (χ1v) is 16.6. The summed E-state index contributed by atoms with van der Waals surface area (Å²) in [6, 6.07) is 6.90. The van der Waals surface area contributed by atoms with Crippen molar-refractivity contribution >= 4 is 70.6 Å². The van der Waals surface area contributed by atoms with Crippen molar-refractivity contribution < 1.29 is 8.78 Å². The van der Waals surface area contributed by atoms with E-state index >= 15 is 0 Å². The summed E-state index contributed by atoms with van der Waals surface area (Å²) in [5, 5.41) is 0. The molecular formula is C20H25F2S7-. The van der Waals surface area contributed by atoms with Crippen molar-refractivity contribution in [1.82, 2.24) is 0 Å². The first-order chi connectivity index (χ1) is 13.4. The molecule has 0 unspecified atom stereocenters. The van der Waals surface area contributed by atoms with E-state index < -0.39 is 25.8 Å². The molecule has 0 amide bonds. The molecule has 0 spiro atoms. The molecule has 0 radical (unpaired) electrons. The van der Waals surface area contributed by atoms with Gasteiger partial charge < -0.3 is 8.01 Å². The summed E-state index contributed by atoms with van der Waals surface area (Å²) in [5.41, 5.74) is 3.01. The molecule has 9 heteroatoms. The highest BCUT2D eigenvalue weighted by Crippen LogP contribution is 2.27. The van der Waals surface area contributed by atoms with Gasteiger partial charge in [-0.2, -0.15) is 0 Å². The minimum absolute atomic E-state index is 0.0885. The van der Waals surface area contributed by atoms with Crippen LogP contribution >= 0.6 is 11.7 Å². The smallest absolute Gasteiger partial charge is 0.129 e. The Balaban J connectivity index is 0.000000352. The quantitative estimate of drug-likeness (QED) is 0.197. The van der Waals surface area contributed by atoms with Crippen LogP contribution in [-0.4, -0.2) is 0 Å². The Morgan fingerprint density at radius 1 is 0.931 bits per heavy atom. The fourth-order valence-corrected chi connectivity index (χ4v) is 6.77. The summed E-state index contributed by atoms with van der Waals surface area (Å²) in [6.45, 7) is 7.29. The summed E-state index contributed by atoms with van der Waals surface area (Å²) in [5.74, 6) is -0.949. The van der Waals surface area contributed by atoms with Crippen LogP contribution in [0.3, 0.4) is 0 Å². The van der Waals surface area contributed by atoms with E-state index in [1.165, 1.54) is 43.9 Å². The Hall–Kier alpha value is 0.230. The summed E-state index contributed by atoms with van der Waals surface area (Å²) in [7, 11) is -0.600. The van der Waals surface area contributed by atoms with Crippen molar-refractivity contribution in [2.75, 3.05) is 0 Å². The van der Waals surface area contributed by atoms with E-state index in [0.29, 0.717) is 5.56 Å². The summed E-state index contributed by atoms with van der Waals surface area (Å²) < 4.78 is 25.2. The van der Waals surface area contributed by atoms with Gasteiger partial charge in [0.25, 0.3) is 0 Å². The van der Waals surface area contributed by atoms with Gasteiger partial charge in [0.15, 0.2) is 0 Å². The number of thiol groups is 1. The van der Waals surface area contributed by atoms with Crippen molar-refractivity contribution in [2.45, 2.75) is 63.2 Å². The van der Waals surface area contributed by atoms with Crippen LogP contribution in [-0.2, 0) is 65.4 Å². The summed E-state index contributed by atoms with van der Waals surface area (Å²) in [6.07, 6.45) is 2.77. The molecule has 0 heterocycles. The van der Waals surface area contributed by atoms with Gasteiger partial charge in [-0.3, -0.25) is 22.4 Å². The van der Waals surface area contributed by atoms with Gasteiger partial charge in [-0.1, -0.05) is 43.1 Å². The van der Waals surface area contributed by atoms with Crippen LogP contribution in [0, 0.1) is 32.4 Å². The lowest BCUT2D eigenvalue weighted by Gasteiger charge is -2.18. The predicted molar refractivity (Wildman–Crippen MR) is 140 cm³/mol. The highest BCUT2D eigenvalue weighted by Gasteiger charge is 2.08. The highest BCUT2D eigenvalue weighted by atomic mass is 33.5. The maximum Gasteiger partial charge on any atom is 0.129 e. The number of hydrogen-bond donors (Lipinski definition) is 1. The summed E-state index contributed by atoms with van der Waals surface area (Å²) in [4.78, 5) is 2.02. The third kappa shape index (κ3) is 8.71. The molecule has 0 aliphatic rings. The van der Waals surface area contributed by atoms with Gasteiger partial charge in [-0.05, 0) is 91.5 Å². The highest BCUT2D eigenvalue weighted by molar-refractivity contribution is 8.93. The maximum absolute atomic E-state index is 12.6. The van der Waals surface area contributed by atoms with Gasteiger partial charge >= 0.3 is 0 Å². The maximum atomic E-state index is 12.6. The van der Waals surface area contributed by atoms with E-state index in [0.717, 1.165) is 21.8 Å². The molecule has 0 saturated heterocycles. The lowest BCUT2D eigenvalue weighted by molar-refractivity contribution is 0.566. The molecular weight excluding hydrogens is 503 g/mol. The second-order valence-corrected chi connectivity index (χ2v) is 18.4. The zero-order chi connectivity index (χ0) is 22.4. The minimum atomic E-state index is -1.87. The molecule has 162 valence electrons. The third-order valence-corrected chi connectivity index (χ3v) is 8.83. The van der Waals surface area contributed by atoms with E-state index in [1.54, 1.807) is 6.92 Å². The first-order valence-electron chi connectivity index (χ1n) is 9.01. The van der Waals surface area contributed by atoms with E-state index in [1.807, 2.05) is 6.92 Å². The van der Waals surface area contributed by atoms with Crippen molar-refractivity contribution in [1.29, 1.82) is 0 Å². The molecule has 0 aromatic heterocycles. The fourth-order valence-electron chi connectivity index (χ4n) is 2.65. The monoisotopic (exact) mass is 527 g/mol. The number of benzene rings is 2. The zero-order valence-corrected chi connectivity index (χ0v) is 22.6. The van der Waals surface area contributed by atoms with Gasteiger partial charge in [0.05, 0.1) is 0 Å². The molecule has 0 atom stereocenters. The second kappa shape index (κ2) is 12.3. The van der Waals surface area contributed by atoms with Gasteiger partial charge in [0.2, 0.25) is 0 Å². The van der Waals surface area contributed by atoms with Crippen molar-refractivity contribution in [3.63, 3.8) is 0 Å². The minimum Gasteiger partial charge on any atom is -0.319 e. The van der Waals surface area contributed by atoms with Gasteiger partial charge in [-0.25, -0.2) is 8.78 Å². The van der Waals surface area contributed by atoms with Crippen LogP contribution in [0.15, 0.2) is 34.1 Å². The summed E-state index contributed by atoms with van der Waals surface area (Å²) >= 11 is 25.7. The number of aryl methyl sites for hydroxylation is 2. The van der Waals surface area contributed by atoms with Crippen LogP contribution in [0.4, 0.5) is 8.78 Å². The van der Waals surface area contributed by atoms with Gasteiger partial charge in [0.1, 0.15) is 11.6 Å². The molecule has 29 heavy (non-hydrogen) atoms. The first kappa shape index (κ1) is 27.3. The van der Waals surface area contributed by atoms with Crippen LogP contribution in [0.25, 0.3) is 0 Å². The normalized spacial score (nSPS) is 11.3. The Labute approximate surface area is 199 Å². The molecule has 0 fully saturated rings. The Kier molecular flexibility index (Phi) is 11.6. The van der Waals surface area contributed by atoms with E-state index in [4.69, 9.17) is 44.8 Å². The topological polar surface area (TPSA) is 0 Å². The molecule has 0 saturated carbocycles. The van der Waals surface area contributed by atoms with E-state index in [2.05, 4.69) is 30.7 Å². The lowest BCUT2D eigenvalue weighted by Crippen LogP contribution is -1.99. The van der Waals surface area contributed by atoms with E-state index in [-0.39, 0.29) is 5.56 Å². The number of rotatable bonds is 6. The van der Waals surface area contributed by atoms with Crippen LogP contribution in [0.2, 0.25) is 0 Å². The SMILES string of the molecule is CCCCCc1cc([S-](=S)=S)c(C)c(S(=S)(=S)S)c1.Cc1cc(F)c(C)c(F)c1. The lowest BCUT2D eigenvalue weighted by atomic mass is 10.1. The molecule has 2 aromatic rings. The average Bonchev–Trinajstić information content (AvgIpc) is 2.60. The molecule has 0 aliphatic heterocycles. The van der Waals surface area contributed by atoms with Crippen molar-refractivity contribution in [2.24, 2.45) is 0 Å². The van der Waals surface area contributed by atoms with E-state index in [9.17, 15) is 8.78 Å². The van der Waals surface area contributed by atoms with Crippen LogP contribution in [0.1, 0.15) is 48.4 Å². The van der Waals surface area contributed by atoms with Crippen molar-refractivity contribution in [3.05, 3.63) is 58.2 Å².